The molecule has 0 atom stereocenters. The second-order valence-electron chi connectivity index (χ2n) is 7.09. The van der Waals surface area contributed by atoms with Gasteiger partial charge < -0.3 is 19.3 Å². The molecule has 2 N–H and O–H groups in total. The van der Waals surface area contributed by atoms with Crippen LogP contribution in [0.5, 0.6) is 11.5 Å². The number of aromatic nitrogens is 2. The SMILES string of the molecule is Oc1ccccc1-c1noc2ccccc12.Oc1ccccc1-c1noc2ccccc12.[Zn]. The zero-order valence-corrected chi connectivity index (χ0v) is 20.5. The maximum absolute atomic E-state index is 9.76. The van der Waals surface area contributed by atoms with Crippen molar-refractivity contribution in [2.75, 3.05) is 0 Å². The molecule has 0 fully saturated rings. The van der Waals surface area contributed by atoms with Gasteiger partial charge in [0.15, 0.2) is 11.2 Å². The van der Waals surface area contributed by atoms with Crippen LogP contribution in [-0.2, 0) is 19.5 Å². The summed E-state index contributed by atoms with van der Waals surface area (Å²) in [6.45, 7) is 0. The van der Waals surface area contributed by atoms with Crippen LogP contribution in [0.15, 0.2) is 106 Å². The molecule has 0 aliphatic heterocycles. The summed E-state index contributed by atoms with van der Waals surface area (Å²) in [6.07, 6.45) is 0. The van der Waals surface area contributed by atoms with Crippen molar-refractivity contribution < 1.29 is 38.7 Å². The number of aromatic hydroxyl groups is 2. The Morgan fingerprint density at radius 2 is 0.848 bits per heavy atom. The molecule has 0 amide bonds. The summed E-state index contributed by atoms with van der Waals surface area (Å²) >= 11 is 0. The fourth-order valence-electron chi connectivity index (χ4n) is 3.51. The number of phenols is 2. The first-order valence-corrected chi connectivity index (χ1v) is 9.98. The Bertz CT molecular complexity index is 1410. The summed E-state index contributed by atoms with van der Waals surface area (Å²) in [6, 6.07) is 29.4. The molecular formula is C26H18N2O4Zn. The smallest absolute Gasteiger partial charge is 0.167 e. The number of rotatable bonds is 2. The molecule has 7 heteroatoms. The first-order chi connectivity index (χ1) is 15.7. The summed E-state index contributed by atoms with van der Waals surface area (Å²) in [5.41, 5.74) is 4.17. The molecule has 2 heterocycles. The summed E-state index contributed by atoms with van der Waals surface area (Å²) in [5.74, 6) is 0.420. The summed E-state index contributed by atoms with van der Waals surface area (Å²) < 4.78 is 10.4. The van der Waals surface area contributed by atoms with E-state index in [1.165, 1.54) is 0 Å². The molecule has 0 radical (unpaired) electrons. The predicted octanol–water partition coefficient (Wildman–Crippen LogP) is 6.40. The first-order valence-electron chi connectivity index (χ1n) is 9.98. The van der Waals surface area contributed by atoms with Gasteiger partial charge in [-0.1, -0.05) is 58.8 Å². The van der Waals surface area contributed by atoms with Gasteiger partial charge in [-0.3, -0.25) is 0 Å². The number of fused-ring (bicyclic) bond motifs is 2. The van der Waals surface area contributed by atoms with E-state index in [0.717, 1.165) is 21.9 Å². The van der Waals surface area contributed by atoms with Gasteiger partial charge in [0.05, 0.1) is 0 Å². The second-order valence-corrected chi connectivity index (χ2v) is 7.09. The summed E-state index contributed by atoms with van der Waals surface area (Å²) in [5, 5.41) is 29.3. The number of benzene rings is 4. The van der Waals surface area contributed by atoms with Crippen LogP contribution in [0.25, 0.3) is 44.5 Å². The van der Waals surface area contributed by atoms with Gasteiger partial charge in [-0.2, -0.15) is 0 Å². The van der Waals surface area contributed by atoms with E-state index >= 15 is 0 Å². The van der Waals surface area contributed by atoms with Crippen LogP contribution in [0, 0.1) is 0 Å². The summed E-state index contributed by atoms with van der Waals surface area (Å²) in [4.78, 5) is 0. The number of para-hydroxylation sites is 4. The Kier molecular flexibility index (Phi) is 6.52. The Morgan fingerprint density at radius 3 is 1.27 bits per heavy atom. The Hall–Kier alpha value is -3.96. The van der Waals surface area contributed by atoms with E-state index in [4.69, 9.17) is 9.05 Å². The van der Waals surface area contributed by atoms with E-state index in [1.54, 1.807) is 24.3 Å². The van der Waals surface area contributed by atoms with Crippen LogP contribution in [0.4, 0.5) is 0 Å². The molecule has 0 aliphatic rings. The predicted molar refractivity (Wildman–Crippen MR) is 122 cm³/mol. The van der Waals surface area contributed by atoms with E-state index in [0.29, 0.717) is 22.5 Å². The van der Waals surface area contributed by atoms with Gasteiger partial charge in [-0.15, -0.1) is 0 Å². The van der Waals surface area contributed by atoms with Crippen LogP contribution in [0.1, 0.15) is 0 Å². The van der Waals surface area contributed by atoms with Crippen molar-refractivity contribution in [1.29, 1.82) is 0 Å². The fourth-order valence-corrected chi connectivity index (χ4v) is 3.51. The monoisotopic (exact) mass is 486 g/mol. The molecule has 33 heavy (non-hydrogen) atoms. The van der Waals surface area contributed by atoms with Gasteiger partial charge in [0.1, 0.15) is 22.9 Å². The van der Waals surface area contributed by atoms with Crippen molar-refractivity contribution in [3.63, 3.8) is 0 Å². The van der Waals surface area contributed by atoms with Gasteiger partial charge >= 0.3 is 0 Å². The third kappa shape index (κ3) is 4.36. The van der Waals surface area contributed by atoms with Gasteiger partial charge in [0, 0.05) is 41.4 Å². The third-order valence-corrected chi connectivity index (χ3v) is 5.07. The minimum Gasteiger partial charge on any atom is -0.507 e. The summed E-state index contributed by atoms with van der Waals surface area (Å²) in [7, 11) is 0. The maximum atomic E-state index is 9.76. The van der Waals surface area contributed by atoms with Crippen molar-refractivity contribution >= 4 is 21.9 Å². The Balaban J connectivity index is 0.000000152. The van der Waals surface area contributed by atoms with Crippen LogP contribution in [0.3, 0.4) is 0 Å². The quantitative estimate of drug-likeness (QED) is 0.275. The van der Waals surface area contributed by atoms with Crippen LogP contribution in [0.2, 0.25) is 0 Å². The van der Waals surface area contributed by atoms with Crippen molar-refractivity contribution in [1.82, 2.24) is 10.3 Å². The van der Waals surface area contributed by atoms with Crippen molar-refractivity contribution in [2.24, 2.45) is 0 Å². The molecular weight excluding hydrogens is 470 g/mol. The average molecular weight is 488 g/mol. The number of hydrogen-bond donors (Lipinski definition) is 2. The first kappa shape index (κ1) is 22.2. The minimum atomic E-state index is 0. The minimum absolute atomic E-state index is 0. The van der Waals surface area contributed by atoms with Gasteiger partial charge in [0.25, 0.3) is 0 Å². The molecule has 0 bridgehead atoms. The molecule has 4 aromatic carbocycles. The fraction of sp³-hybridized carbons (Fsp3) is 0. The zero-order chi connectivity index (χ0) is 21.9. The standard InChI is InChI=1S/2C13H9NO2.Zn/c2*15-11-7-3-1-5-9(11)13-10-6-2-4-8-12(10)16-14-13;/h2*1-8,15H;. The maximum Gasteiger partial charge on any atom is 0.167 e. The van der Waals surface area contributed by atoms with Crippen LogP contribution in [-0.4, -0.2) is 20.5 Å². The largest absolute Gasteiger partial charge is 0.507 e. The van der Waals surface area contributed by atoms with E-state index < -0.39 is 0 Å². The number of nitrogens with zero attached hydrogens (tertiary/aromatic N) is 2. The normalized spacial score (nSPS) is 10.4. The molecule has 0 spiro atoms. The molecule has 2 aromatic heterocycles. The topological polar surface area (TPSA) is 92.5 Å². The molecule has 6 rings (SSSR count). The Labute approximate surface area is 201 Å². The van der Waals surface area contributed by atoms with E-state index in [-0.39, 0.29) is 31.0 Å². The number of hydrogen-bond acceptors (Lipinski definition) is 6. The van der Waals surface area contributed by atoms with Crippen molar-refractivity contribution in [3.8, 4) is 34.0 Å². The van der Waals surface area contributed by atoms with Crippen molar-refractivity contribution in [2.45, 2.75) is 0 Å². The molecule has 0 saturated heterocycles. The molecule has 0 aliphatic carbocycles. The molecule has 6 nitrogen and oxygen atoms in total. The van der Waals surface area contributed by atoms with E-state index in [9.17, 15) is 10.2 Å². The number of phenolic OH excluding ortho intramolecular Hbond substituents is 2. The van der Waals surface area contributed by atoms with Gasteiger partial charge in [-0.25, -0.2) is 0 Å². The zero-order valence-electron chi connectivity index (χ0n) is 17.6. The van der Waals surface area contributed by atoms with E-state index in [1.807, 2.05) is 72.8 Å². The van der Waals surface area contributed by atoms with E-state index in [2.05, 4.69) is 10.3 Å². The van der Waals surface area contributed by atoms with Crippen LogP contribution >= 0.6 is 0 Å². The van der Waals surface area contributed by atoms with Gasteiger partial charge in [0.2, 0.25) is 0 Å². The average Bonchev–Trinajstić information content (AvgIpc) is 3.45. The molecule has 0 unspecified atom stereocenters. The van der Waals surface area contributed by atoms with Gasteiger partial charge in [-0.05, 0) is 48.5 Å². The molecule has 158 valence electrons. The molecule has 0 saturated carbocycles. The second kappa shape index (κ2) is 9.67. The Morgan fingerprint density at radius 1 is 0.485 bits per heavy atom. The third-order valence-electron chi connectivity index (χ3n) is 5.07. The van der Waals surface area contributed by atoms with Crippen molar-refractivity contribution in [3.05, 3.63) is 97.1 Å². The molecule has 6 aromatic rings. The van der Waals surface area contributed by atoms with Crippen LogP contribution < -0.4 is 0 Å².